The number of aromatic nitrogens is 2. The van der Waals surface area contributed by atoms with E-state index in [4.69, 9.17) is 4.74 Å². The van der Waals surface area contributed by atoms with Gasteiger partial charge in [0.15, 0.2) is 0 Å². The topological polar surface area (TPSA) is 47.4 Å². The minimum absolute atomic E-state index is 0.131. The van der Waals surface area contributed by atoms with Crippen LogP contribution in [0.4, 0.5) is 0 Å². The average Bonchev–Trinajstić information content (AvgIpc) is 2.76. The largest absolute Gasteiger partial charge is 0.492 e. The number of likely N-dealkylation sites (N-methyl/N-ethyl adjacent to an activating group) is 1. The number of nitrogens with zero attached hydrogens (tertiary/aromatic N) is 3. The van der Waals surface area contributed by atoms with Gasteiger partial charge in [-0.2, -0.15) is 5.10 Å². The zero-order chi connectivity index (χ0) is 18.6. The minimum Gasteiger partial charge on any atom is -0.492 e. The van der Waals surface area contributed by atoms with Gasteiger partial charge in [0.05, 0.1) is 12.2 Å². The third kappa shape index (κ3) is 5.08. The van der Waals surface area contributed by atoms with E-state index >= 15 is 0 Å². The Morgan fingerprint density at radius 2 is 1.80 bits per heavy atom. The zero-order valence-electron chi connectivity index (χ0n) is 16.2. The number of benzene rings is 1. The van der Waals surface area contributed by atoms with Crippen molar-refractivity contribution in [2.24, 2.45) is 7.05 Å². The summed E-state index contributed by atoms with van der Waals surface area (Å²) >= 11 is 0. The first-order chi connectivity index (χ1) is 11.8. The molecule has 0 atom stereocenters. The molecule has 2 rings (SSSR count). The fourth-order valence-corrected chi connectivity index (χ4v) is 3.04. The molecule has 0 aliphatic rings. The molecule has 0 N–H and O–H groups in total. The predicted molar refractivity (Wildman–Crippen MR) is 100 cm³/mol. The number of hydrogen-bond donors (Lipinski definition) is 0. The van der Waals surface area contributed by atoms with E-state index in [0.29, 0.717) is 19.6 Å². The van der Waals surface area contributed by atoms with Crippen LogP contribution in [0.15, 0.2) is 18.2 Å². The Morgan fingerprint density at radius 1 is 1.16 bits per heavy atom. The number of ether oxygens (including phenoxy) is 1. The molecule has 0 aliphatic heterocycles. The van der Waals surface area contributed by atoms with Crippen LogP contribution in [0.1, 0.15) is 34.5 Å². The normalized spacial score (nSPS) is 10.8. The highest BCUT2D eigenvalue weighted by Gasteiger charge is 2.14. The maximum Gasteiger partial charge on any atom is 0.222 e. The van der Waals surface area contributed by atoms with Crippen LogP contribution in [-0.2, 0) is 18.3 Å². The molecule has 1 amide bonds. The van der Waals surface area contributed by atoms with E-state index in [9.17, 15) is 4.79 Å². The molecule has 0 aliphatic carbocycles. The van der Waals surface area contributed by atoms with Gasteiger partial charge in [0, 0.05) is 26.2 Å². The van der Waals surface area contributed by atoms with E-state index in [-0.39, 0.29) is 5.91 Å². The molecule has 1 heterocycles. The SMILES string of the molecule is Cc1cc(C)cc(OCCN(C)C(=O)CCc2c(C)nn(C)c2C)c1. The van der Waals surface area contributed by atoms with Crippen molar-refractivity contribution in [3.63, 3.8) is 0 Å². The molecule has 25 heavy (non-hydrogen) atoms. The van der Waals surface area contributed by atoms with Crippen molar-refractivity contribution >= 4 is 5.91 Å². The fraction of sp³-hybridized carbons (Fsp3) is 0.500. The van der Waals surface area contributed by atoms with Crippen LogP contribution in [-0.4, -0.2) is 40.8 Å². The van der Waals surface area contributed by atoms with Gasteiger partial charge in [0.25, 0.3) is 0 Å². The molecule has 1 aromatic heterocycles. The first kappa shape index (κ1) is 19.0. The van der Waals surface area contributed by atoms with Crippen molar-refractivity contribution in [2.45, 2.75) is 40.5 Å². The van der Waals surface area contributed by atoms with Crippen molar-refractivity contribution in [3.8, 4) is 5.75 Å². The summed E-state index contributed by atoms with van der Waals surface area (Å²) in [6.07, 6.45) is 1.22. The Morgan fingerprint density at radius 3 is 2.36 bits per heavy atom. The molecular weight excluding hydrogens is 314 g/mol. The lowest BCUT2D eigenvalue weighted by molar-refractivity contribution is -0.130. The summed E-state index contributed by atoms with van der Waals surface area (Å²) in [5.41, 5.74) is 5.68. The summed E-state index contributed by atoms with van der Waals surface area (Å²) in [5, 5.41) is 4.40. The van der Waals surface area contributed by atoms with Gasteiger partial charge in [0.2, 0.25) is 5.91 Å². The van der Waals surface area contributed by atoms with Gasteiger partial charge in [-0.3, -0.25) is 9.48 Å². The highest BCUT2D eigenvalue weighted by Crippen LogP contribution is 2.16. The Kier molecular flexibility index (Phi) is 6.23. The Bertz CT molecular complexity index is 729. The van der Waals surface area contributed by atoms with Crippen LogP contribution in [0.5, 0.6) is 5.75 Å². The number of hydrogen-bond acceptors (Lipinski definition) is 3. The van der Waals surface area contributed by atoms with Crippen molar-refractivity contribution in [2.75, 3.05) is 20.2 Å². The van der Waals surface area contributed by atoms with E-state index in [2.05, 4.69) is 25.0 Å². The first-order valence-electron chi connectivity index (χ1n) is 8.72. The monoisotopic (exact) mass is 343 g/mol. The minimum atomic E-state index is 0.131. The van der Waals surface area contributed by atoms with Crippen LogP contribution in [0.25, 0.3) is 0 Å². The molecule has 0 fully saturated rings. The van der Waals surface area contributed by atoms with Crippen molar-refractivity contribution in [1.29, 1.82) is 0 Å². The third-order valence-electron chi connectivity index (χ3n) is 4.56. The summed E-state index contributed by atoms with van der Waals surface area (Å²) < 4.78 is 7.66. The van der Waals surface area contributed by atoms with Gasteiger partial charge in [0.1, 0.15) is 12.4 Å². The summed E-state index contributed by atoms with van der Waals surface area (Å²) in [6.45, 7) is 9.22. The lowest BCUT2D eigenvalue weighted by Gasteiger charge is -2.18. The average molecular weight is 343 g/mol. The van der Waals surface area contributed by atoms with Crippen molar-refractivity contribution in [3.05, 3.63) is 46.3 Å². The molecule has 1 aromatic carbocycles. The van der Waals surface area contributed by atoms with Gasteiger partial charge in [-0.15, -0.1) is 0 Å². The van der Waals surface area contributed by atoms with E-state index in [1.165, 1.54) is 16.7 Å². The summed E-state index contributed by atoms with van der Waals surface area (Å²) in [7, 11) is 3.76. The molecule has 0 unspecified atom stereocenters. The number of carbonyl (C=O) groups excluding carboxylic acids is 1. The lowest BCUT2D eigenvalue weighted by Crippen LogP contribution is -2.31. The Labute approximate surface area is 150 Å². The second-order valence-corrected chi connectivity index (χ2v) is 6.76. The van der Waals surface area contributed by atoms with Gasteiger partial charge < -0.3 is 9.64 Å². The number of rotatable bonds is 7. The second-order valence-electron chi connectivity index (χ2n) is 6.76. The molecular formula is C20H29N3O2. The van der Waals surface area contributed by atoms with Crippen molar-refractivity contribution in [1.82, 2.24) is 14.7 Å². The van der Waals surface area contributed by atoms with Crippen LogP contribution < -0.4 is 4.74 Å². The standard InChI is InChI=1S/C20H29N3O2/c1-14-11-15(2)13-18(12-14)25-10-9-22(5)20(24)8-7-19-16(3)21-23(6)17(19)4/h11-13H,7-10H2,1-6H3. The molecule has 136 valence electrons. The molecule has 2 aromatic rings. The smallest absolute Gasteiger partial charge is 0.222 e. The molecule has 0 saturated carbocycles. The molecule has 0 saturated heterocycles. The van der Waals surface area contributed by atoms with E-state index in [0.717, 1.165) is 23.6 Å². The first-order valence-corrected chi connectivity index (χ1v) is 8.72. The maximum absolute atomic E-state index is 12.3. The van der Waals surface area contributed by atoms with Gasteiger partial charge in [-0.25, -0.2) is 0 Å². The molecule has 5 nitrogen and oxygen atoms in total. The molecule has 0 spiro atoms. The van der Waals surface area contributed by atoms with Crippen LogP contribution in [0.3, 0.4) is 0 Å². The highest BCUT2D eigenvalue weighted by atomic mass is 16.5. The Balaban J connectivity index is 1.80. The predicted octanol–water partition coefficient (Wildman–Crippen LogP) is 3.12. The van der Waals surface area contributed by atoms with E-state index < -0.39 is 0 Å². The van der Waals surface area contributed by atoms with E-state index in [1.807, 2.05) is 44.8 Å². The van der Waals surface area contributed by atoms with Crippen LogP contribution in [0.2, 0.25) is 0 Å². The molecule has 5 heteroatoms. The van der Waals surface area contributed by atoms with E-state index in [1.54, 1.807) is 4.90 Å². The summed E-state index contributed by atoms with van der Waals surface area (Å²) in [4.78, 5) is 14.1. The summed E-state index contributed by atoms with van der Waals surface area (Å²) in [5.74, 6) is 0.992. The quantitative estimate of drug-likeness (QED) is 0.776. The maximum atomic E-state index is 12.3. The highest BCUT2D eigenvalue weighted by molar-refractivity contribution is 5.76. The number of aryl methyl sites for hydroxylation is 4. The molecule has 0 bridgehead atoms. The summed E-state index contributed by atoms with van der Waals surface area (Å²) in [6, 6.07) is 6.15. The van der Waals surface area contributed by atoms with Crippen LogP contribution in [0, 0.1) is 27.7 Å². The van der Waals surface area contributed by atoms with Gasteiger partial charge >= 0.3 is 0 Å². The second kappa shape index (κ2) is 8.19. The zero-order valence-corrected chi connectivity index (χ0v) is 16.2. The fourth-order valence-electron chi connectivity index (χ4n) is 3.04. The van der Waals surface area contributed by atoms with Crippen molar-refractivity contribution < 1.29 is 9.53 Å². The number of amides is 1. The third-order valence-corrected chi connectivity index (χ3v) is 4.56. The van der Waals surface area contributed by atoms with Gasteiger partial charge in [-0.1, -0.05) is 6.07 Å². The van der Waals surface area contributed by atoms with Crippen LogP contribution >= 0.6 is 0 Å². The molecule has 0 radical (unpaired) electrons. The lowest BCUT2D eigenvalue weighted by atomic mass is 10.1. The van der Waals surface area contributed by atoms with Gasteiger partial charge in [-0.05, 0) is 62.9 Å². The number of carbonyl (C=O) groups is 1. The Hall–Kier alpha value is -2.30.